The molecule has 1 aromatic carbocycles. The van der Waals surface area contributed by atoms with Crippen molar-refractivity contribution in [3.05, 3.63) is 35.4 Å². The van der Waals surface area contributed by atoms with E-state index < -0.39 is 0 Å². The van der Waals surface area contributed by atoms with Gasteiger partial charge in [0.25, 0.3) is 0 Å². The van der Waals surface area contributed by atoms with Gasteiger partial charge in [-0.1, -0.05) is 53.8 Å². The van der Waals surface area contributed by atoms with Crippen LogP contribution in [0.4, 0.5) is 0 Å². The van der Waals surface area contributed by atoms with Gasteiger partial charge < -0.3 is 0 Å². The molecule has 1 aromatic rings. The molecule has 0 bridgehead atoms. The van der Waals surface area contributed by atoms with Crippen LogP contribution in [0, 0.1) is 0 Å². The molecule has 2 rings (SSSR count). The van der Waals surface area contributed by atoms with Crippen molar-refractivity contribution in [3.63, 3.8) is 0 Å². The lowest BCUT2D eigenvalue weighted by atomic mass is 10.0. The summed E-state index contributed by atoms with van der Waals surface area (Å²) in [6, 6.07) is 8.90. The summed E-state index contributed by atoms with van der Waals surface area (Å²) in [6.45, 7) is 2.34. The average Bonchev–Trinajstić information content (AvgIpc) is 2.44. The summed E-state index contributed by atoms with van der Waals surface area (Å²) in [5.41, 5.74) is 3.18. The second-order valence-electron chi connectivity index (χ2n) is 3.62. The van der Waals surface area contributed by atoms with E-state index in [9.17, 15) is 0 Å². The Morgan fingerprint density at radius 1 is 1.33 bits per heavy atom. The van der Waals surface area contributed by atoms with Gasteiger partial charge in [-0.15, -0.1) is 0 Å². The van der Waals surface area contributed by atoms with Crippen LogP contribution < -0.4 is 0 Å². The fourth-order valence-electron chi connectivity index (χ4n) is 2.16. The molecule has 2 atom stereocenters. The molecule has 1 heteroatoms. The quantitative estimate of drug-likeness (QED) is 0.540. The number of hydrogen-bond acceptors (Lipinski definition) is 0. The van der Waals surface area contributed by atoms with Crippen molar-refractivity contribution >= 4 is 22.6 Å². The van der Waals surface area contributed by atoms with E-state index in [-0.39, 0.29) is 0 Å². The second kappa shape index (κ2) is 3.36. The molecule has 0 heterocycles. The van der Waals surface area contributed by atoms with E-state index in [2.05, 4.69) is 53.8 Å². The summed E-state index contributed by atoms with van der Waals surface area (Å²) in [5, 5.41) is 0. The van der Waals surface area contributed by atoms with Crippen LogP contribution in [0.2, 0.25) is 0 Å². The fourth-order valence-corrected chi connectivity index (χ4v) is 2.99. The maximum absolute atomic E-state index is 2.50. The molecule has 64 valence electrons. The lowest BCUT2D eigenvalue weighted by Gasteiger charge is -2.05. The van der Waals surface area contributed by atoms with Crippen LogP contribution in [0.25, 0.3) is 0 Å². The van der Waals surface area contributed by atoms with Crippen LogP contribution in [0.3, 0.4) is 0 Å². The van der Waals surface area contributed by atoms with Crippen molar-refractivity contribution in [2.45, 2.75) is 25.2 Å². The van der Waals surface area contributed by atoms with Crippen molar-refractivity contribution < 1.29 is 0 Å². The lowest BCUT2D eigenvalue weighted by Crippen LogP contribution is -1.92. The van der Waals surface area contributed by atoms with Crippen LogP contribution in [0.1, 0.15) is 36.3 Å². The first-order chi connectivity index (χ1) is 5.83. The minimum atomic E-state index is 0.779. The molecule has 12 heavy (non-hydrogen) atoms. The molecule has 0 aromatic heterocycles. The van der Waals surface area contributed by atoms with Crippen LogP contribution in [-0.2, 0) is 0 Å². The lowest BCUT2D eigenvalue weighted by molar-refractivity contribution is 0.673. The molecule has 0 saturated heterocycles. The Balaban J connectivity index is 2.43. The van der Waals surface area contributed by atoms with Gasteiger partial charge in [-0.2, -0.15) is 0 Å². The molecule has 0 radical (unpaired) electrons. The number of benzene rings is 1. The highest BCUT2D eigenvalue weighted by atomic mass is 127. The van der Waals surface area contributed by atoms with E-state index >= 15 is 0 Å². The van der Waals surface area contributed by atoms with E-state index in [1.54, 1.807) is 11.1 Å². The molecule has 0 nitrogen and oxygen atoms in total. The van der Waals surface area contributed by atoms with Crippen LogP contribution in [-0.4, -0.2) is 4.43 Å². The van der Waals surface area contributed by atoms with Gasteiger partial charge in [0.2, 0.25) is 0 Å². The highest BCUT2D eigenvalue weighted by Crippen LogP contribution is 2.41. The fraction of sp³-hybridized carbons (Fsp3) is 0.455. The molecular weight excluding hydrogens is 259 g/mol. The van der Waals surface area contributed by atoms with E-state index in [0.717, 1.165) is 11.8 Å². The average molecular weight is 272 g/mol. The van der Waals surface area contributed by atoms with Gasteiger partial charge in [-0.25, -0.2) is 0 Å². The molecule has 0 fully saturated rings. The third-order valence-corrected chi connectivity index (χ3v) is 3.85. The zero-order valence-electron chi connectivity index (χ0n) is 7.26. The third kappa shape index (κ3) is 1.28. The Bertz CT molecular complexity index is 280. The largest absolute Gasteiger partial charge is 0.0857 e. The Morgan fingerprint density at radius 3 is 2.67 bits per heavy atom. The normalized spacial score (nSPS) is 27.2. The molecule has 0 aliphatic heterocycles. The molecule has 1 aliphatic carbocycles. The summed E-state index contributed by atoms with van der Waals surface area (Å²) in [6.07, 6.45) is 1.35. The molecule has 0 unspecified atom stereocenters. The van der Waals surface area contributed by atoms with Gasteiger partial charge in [0.1, 0.15) is 0 Å². The first-order valence-electron chi connectivity index (χ1n) is 4.47. The van der Waals surface area contributed by atoms with Crippen LogP contribution in [0.5, 0.6) is 0 Å². The molecule has 0 amide bonds. The van der Waals surface area contributed by atoms with Crippen molar-refractivity contribution in [1.29, 1.82) is 0 Å². The summed E-state index contributed by atoms with van der Waals surface area (Å²) < 4.78 is 1.26. The highest BCUT2D eigenvalue weighted by Gasteiger charge is 2.26. The van der Waals surface area contributed by atoms with Crippen molar-refractivity contribution in [2.24, 2.45) is 0 Å². The van der Waals surface area contributed by atoms with Crippen LogP contribution in [0.15, 0.2) is 24.3 Å². The van der Waals surface area contributed by atoms with Crippen molar-refractivity contribution in [1.82, 2.24) is 0 Å². The summed E-state index contributed by atoms with van der Waals surface area (Å²) in [4.78, 5) is 0. The Morgan fingerprint density at radius 2 is 2.00 bits per heavy atom. The van der Waals surface area contributed by atoms with Crippen molar-refractivity contribution in [2.75, 3.05) is 4.43 Å². The molecular formula is C11H13I. The topological polar surface area (TPSA) is 0 Å². The van der Waals surface area contributed by atoms with E-state index in [1.807, 2.05) is 0 Å². The number of rotatable bonds is 1. The third-order valence-electron chi connectivity index (χ3n) is 2.79. The van der Waals surface area contributed by atoms with Gasteiger partial charge in [-0.05, 0) is 29.4 Å². The minimum absolute atomic E-state index is 0.779. The number of halogens is 1. The highest BCUT2D eigenvalue weighted by molar-refractivity contribution is 14.1. The number of alkyl halides is 1. The SMILES string of the molecule is C[C@@H]1C[C@H](CI)c2ccccc21. The minimum Gasteiger partial charge on any atom is -0.0857 e. The van der Waals surface area contributed by atoms with E-state index in [0.29, 0.717) is 0 Å². The first-order valence-corrected chi connectivity index (χ1v) is 6.00. The van der Waals surface area contributed by atoms with Gasteiger partial charge in [-0.3, -0.25) is 0 Å². The van der Waals surface area contributed by atoms with Crippen LogP contribution >= 0.6 is 22.6 Å². The first kappa shape index (κ1) is 8.54. The van der Waals surface area contributed by atoms with Gasteiger partial charge in [0.05, 0.1) is 0 Å². The predicted octanol–water partition coefficient (Wildman–Crippen LogP) is 3.71. The molecule has 0 N–H and O–H groups in total. The Labute approximate surface area is 87.5 Å². The Kier molecular flexibility index (Phi) is 2.40. The summed E-state index contributed by atoms with van der Waals surface area (Å²) in [5.74, 6) is 1.60. The maximum Gasteiger partial charge on any atom is 0.00645 e. The number of hydrogen-bond donors (Lipinski definition) is 0. The predicted molar refractivity (Wildman–Crippen MR) is 61.1 cm³/mol. The van der Waals surface area contributed by atoms with Crippen molar-refractivity contribution in [3.8, 4) is 0 Å². The monoisotopic (exact) mass is 272 g/mol. The summed E-state index contributed by atoms with van der Waals surface area (Å²) >= 11 is 2.50. The zero-order chi connectivity index (χ0) is 8.55. The Hall–Kier alpha value is -0.0500. The second-order valence-corrected chi connectivity index (χ2v) is 4.50. The maximum atomic E-state index is 2.50. The summed E-state index contributed by atoms with van der Waals surface area (Å²) in [7, 11) is 0. The van der Waals surface area contributed by atoms with Gasteiger partial charge >= 0.3 is 0 Å². The van der Waals surface area contributed by atoms with Gasteiger partial charge in [0.15, 0.2) is 0 Å². The zero-order valence-corrected chi connectivity index (χ0v) is 9.41. The van der Waals surface area contributed by atoms with E-state index in [4.69, 9.17) is 0 Å². The molecule has 0 saturated carbocycles. The standard InChI is InChI=1S/C11H13I/c1-8-6-9(7-12)11-5-3-2-4-10(8)11/h2-5,8-9H,6-7H2,1H3/t8-,9-/m1/s1. The van der Waals surface area contributed by atoms with Gasteiger partial charge in [0, 0.05) is 4.43 Å². The number of fused-ring (bicyclic) bond motifs is 1. The molecule has 0 spiro atoms. The van der Waals surface area contributed by atoms with E-state index in [1.165, 1.54) is 10.8 Å². The smallest absolute Gasteiger partial charge is 0.00645 e. The molecule has 1 aliphatic rings.